The van der Waals surface area contributed by atoms with E-state index in [1.807, 2.05) is 0 Å². The summed E-state index contributed by atoms with van der Waals surface area (Å²) in [6.07, 6.45) is 0. The number of benzene rings is 1. The van der Waals surface area contributed by atoms with Crippen LogP contribution in [-0.4, -0.2) is 47.4 Å². The topological polar surface area (TPSA) is 36.5 Å². The molecular formula is C14H25N3O. The van der Waals surface area contributed by atoms with Gasteiger partial charge in [-0.1, -0.05) is 12.1 Å². The predicted octanol–water partition coefficient (Wildman–Crippen LogP) is 1.08. The standard InChI is InChI=1S/C14H25N3O/c1-17(2)14-6-4-5-13(11-14)12-16-8-7-15-9-10-18-3/h4-6,11,15-16H,7-10,12H2,1-3H3. The Balaban J connectivity index is 2.17. The van der Waals surface area contributed by atoms with Gasteiger partial charge in [0.25, 0.3) is 0 Å². The molecule has 0 bridgehead atoms. The van der Waals surface area contributed by atoms with E-state index < -0.39 is 0 Å². The Morgan fingerprint density at radius 2 is 1.89 bits per heavy atom. The second-order valence-corrected chi connectivity index (χ2v) is 4.48. The number of ether oxygens (including phenoxy) is 1. The molecule has 0 atom stereocenters. The number of hydrogen-bond donors (Lipinski definition) is 2. The highest BCUT2D eigenvalue weighted by atomic mass is 16.5. The smallest absolute Gasteiger partial charge is 0.0587 e. The minimum Gasteiger partial charge on any atom is -0.383 e. The van der Waals surface area contributed by atoms with Crippen LogP contribution in [0.4, 0.5) is 5.69 Å². The third-order valence-corrected chi connectivity index (χ3v) is 2.72. The molecule has 0 saturated heterocycles. The SMILES string of the molecule is COCCNCCNCc1cccc(N(C)C)c1. The van der Waals surface area contributed by atoms with Crippen molar-refractivity contribution in [3.63, 3.8) is 0 Å². The molecule has 1 rings (SSSR count). The Kier molecular flexibility index (Phi) is 7.41. The highest BCUT2D eigenvalue weighted by Crippen LogP contribution is 2.12. The van der Waals surface area contributed by atoms with Gasteiger partial charge in [-0.25, -0.2) is 0 Å². The second-order valence-electron chi connectivity index (χ2n) is 4.48. The Hall–Kier alpha value is -1.10. The molecule has 0 aliphatic carbocycles. The van der Waals surface area contributed by atoms with Gasteiger partial charge in [0, 0.05) is 53.1 Å². The first kappa shape index (κ1) is 15.0. The first-order valence-corrected chi connectivity index (χ1v) is 6.40. The average molecular weight is 251 g/mol. The zero-order valence-electron chi connectivity index (χ0n) is 11.7. The van der Waals surface area contributed by atoms with Gasteiger partial charge in [-0.05, 0) is 17.7 Å². The van der Waals surface area contributed by atoms with Crippen LogP contribution in [0.25, 0.3) is 0 Å². The lowest BCUT2D eigenvalue weighted by molar-refractivity contribution is 0.199. The van der Waals surface area contributed by atoms with Gasteiger partial charge in [0.15, 0.2) is 0 Å². The molecule has 0 amide bonds. The molecule has 0 aromatic heterocycles. The molecule has 4 nitrogen and oxygen atoms in total. The zero-order valence-corrected chi connectivity index (χ0v) is 11.7. The van der Waals surface area contributed by atoms with Gasteiger partial charge in [0.2, 0.25) is 0 Å². The summed E-state index contributed by atoms with van der Waals surface area (Å²) in [6.45, 7) is 4.53. The van der Waals surface area contributed by atoms with Crippen molar-refractivity contribution in [2.24, 2.45) is 0 Å². The van der Waals surface area contributed by atoms with Crippen LogP contribution in [0, 0.1) is 0 Å². The molecule has 4 heteroatoms. The molecule has 0 spiro atoms. The molecule has 1 aromatic carbocycles. The maximum Gasteiger partial charge on any atom is 0.0587 e. The second kappa shape index (κ2) is 8.91. The number of nitrogens with one attached hydrogen (secondary N) is 2. The predicted molar refractivity (Wildman–Crippen MR) is 77.2 cm³/mol. The molecule has 0 aliphatic heterocycles. The van der Waals surface area contributed by atoms with Gasteiger partial charge >= 0.3 is 0 Å². The lowest BCUT2D eigenvalue weighted by atomic mass is 10.2. The van der Waals surface area contributed by atoms with Crippen molar-refractivity contribution < 1.29 is 4.74 Å². The maximum atomic E-state index is 4.97. The number of hydrogen-bond acceptors (Lipinski definition) is 4. The zero-order chi connectivity index (χ0) is 13.2. The van der Waals surface area contributed by atoms with Crippen molar-refractivity contribution in [1.82, 2.24) is 10.6 Å². The highest BCUT2D eigenvalue weighted by molar-refractivity contribution is 5.47. The van der Waals surface area contributed by atoms with E-state index in [0.717, 1.165) is 32.8 Å². The van der Waals surface area contributed by atoms with E-state index in [1.165, 1.54) is 11.3 Å². The molecular weight excluding hydrogens is 226 g/mol. The Morgan fingerprint density at radius 3 is 2.61 bits per heavy atom. The molecule has 2 N–H and O–H groups in total. The first-order chi connectivity index (χ1) is 8.74. The van der Waals surface area contributed by atoms with E-state index in [0.29, 0.717) is 0 Å². The van der Waals surface area contributed by atoms with Gasteiger partial charge in [0.1, 0.15) is 0 Å². The molecule has 0 unspecified atom stereocenters. The first-order valence-electron chi connectivity index (χ1n) is 6.40. The van der Waals surface area contributed by atoms with Crippen LogP contribution in [0.1, 0.15) is 5.56 Å². The summed E-state index contributed by atoms with van der Waals surface area (Å²) < 4.78 is 4.97. The van der Waals surface area contributed by atoms with E-state index in [2.05, 4.69) is 53.9 Å². The molecule has 18 heavy (non-hydrogen) atoms. The van der Waals surface area contributed by atoms with Crippen LogP contribution in [0.2, 0.25) is 0 Å². The number of rotatable bonds is 9. The third-order valence-electron chi connectivity index (χ3n) is 2.72. The summed E-state index contributed by atoms with van der Waals surface area (Å²) in [5, 5.41) is 6.73. The summed E-state index contributed by atoms with van der Waals surface area (Å²) in [7, 11) is 5.84. The number of anilines is 1. The summed E-state index contributed by atoms with van der Waals surface area (Å²) in [4.78, 5) is 2.12. The van der Waals surface area contributed by atoms with Crippen molar-refractivity contribution >= 4 is 5.69 Å². The lowest BCUT2D eigenvalue weighted by Gasteiger charge is -2.14. The quantitative estimate of drug-likeness (QED) is 0.644. The minimum atomic E-state index is 0.769. The van der Waals surface area contributed by atoms with E-state index in [1.54, 1.807) is 7.11 Å². The van der Waals surface area contributed by atoms with Crippen LogP contribution < -0.4 is 15.5 Å². The van der Waals surface area contributed by atoms with Crippen molar-refractivity contribution in [2.45, 2.75) is 6.54 Å². The van der Waals surface area contributed by atoms with Gasteiger partial charge < -0.3 is 20.3 Å². The van der Waals surface area contributed by atoms with E-state index >= 15 is 0 Å². The fourth-order valence-electron chi connectivity index (χ4n) is 1.65. The molecule has 1 aromatic rings. The van der Waals surface area contributed by atoms with Gasteiger partial charge in [-0.15, -0.1) is 0 Å². The van der Waals surface area contributed by atoms with Crippen molar-refractivity contribution in [3.05, 3.63) is 29.8 Å². The van der Waals surface area contributed by atoms with Crippen molar-refractivity contribution in [3.8, 4) is 0 Å². The largest absolute Gasteiger partial charge is 0.383 e. The summed E-state index contributed by atoms with van der Waals surface area (Å²) in [5.41, 5.74) is 2.56. The van der Waals surface area contributed by atoms with Crippen molar-refractivity contribution in [1.29, 1.82) is 0 Å². The van der Waals surface area contributed by atoms with E-state index in [9.17, 15) is 0 Å². The van der Waals surface area contributed by atoms with Crippen LogP contribution >= 0.6 is 0 Å². The number of methoxy groups -OCH3 is 1. The molecule has 0 fully saturated rings. The Bertz CT molecular complexity index is 329. The fraction of sp³-hybridized carbons (Fsp3) is 0.571. The van der Waals surface area contributed by atoms with Crippen molar-refractivity contribution in [2.75, 3.05) is 52.3 Å². The highest BCUT2D eigenvalue weighted by Gasteiger charge is 1.97. The monoisotopic (exact) mass is 251 g/mol. The average Bonchev–Trinajstić information content (AvgIpc) is 2.38. The molecule has 0 saturated carbocycles. The van der Waals surface area contributed by atoms with Crippen LogP contribution in [0.15, 0.2) is 24.3 Å². The molecule has 0 aliphatic rings. The summed E-state index contributed by atoms with van der Waals surface area (Å²) in [6, 6.07) is 8.59. The summed E-state index contributed by atoms with van der Waals surface area (Å²) in [5.74, 6) is 0. The summed E-state index contributed by atoms with van der Waals surface area (Å²) >= 11 is 0. The van der Waals surface area contributed by atoms with Crippen LogP contribution in [-0.2, 0) is 11.3 Å². The lowest BCUT2D eigenvalue weighted by Crippen LogP contribution is -2.29. The Labute approximate surface area is 110 Å². The molecule has 0 heterocycles. The molecule has 0 radical (unpaired) electrons. The fourth-order valence-corrected chi connectivity index (χ4v) is 1.65. The van der Waals surface area contributed by atoms with Crippen LogP contribution in [0.5, 0.6) is 0 Å². The molecule has 102 valence electrons. The van der Waals surface area contributed by atoms with E-state index in [-0.39, 0.29) is 0 Å². The number of nitrogens with zero attached hydrogens (tertiary/aromatic N) is 1. The third kappa shape index (κ3) is 6.00. The van der Waals surface area contributed by atoms with Gasteiger partial charge in [0.05, 0.1) is 6.61 Å². The maximum absolute atomic E-state index is 4.97. The van der Waals surface area contributed by atoms with E-state index in [4.69, 9.17) is 4.74 Å². The van der Waals surface area contributed by atoms with Gasteiger partial charge in [-0.3, -0.25) is 0 Å². The van der Waals surface area contributed by atoms with Crippen LogP contribution in [0.3, 0.4) is 0 Å². The normalized spacial score (nSPS) is 10.6. The Morgan fingerprint density at radius 1 is 1.11 bits per heavy atom. The minimum absolute atomic E-state index is 0.769. The van der Waals surface area contributed by atoms with Gasteiger partial charge in [-0.2, -0.15) is 0 Å².